The van der Waals surface area contributed by atoms with Crippen LogP contribution >= 0.6 is 11.8 Å². The molecule has 1 aliphatic heterocycles. The van der Waals surface area contributed by atoms with Crippen LogP contribution in [0.1, 0.15) is 11.3 Å². The quantitative estimate of drug-likeness (QED) is 0.735. The van der Waals surface area contributed by atoms with Crippen molar-refractivity contribution >= 4 is 33.8 Å². The van der Waals surface area contributed by atoms with Crippen molar-refractivity contribution in [2.45, 2.75) is 18.3 Å². The molecule has 126 valence electrons. The zero-order valence-corrected chi connectivity index (χ0v) is 14.1. The van der Waals surface area contributed by atoms with Gasteiger partial charge in [-0.05, 0) is 29.1 Å². The van der Waals surface area contributed by atoms with Gasteiger partial charge in [0, 0.05) is 23.7 Å². The van der Waals surface area contributed by atoms with Crippen LogP contribution in [0.25, 0.3) is 10.9 Å². The fraction of sp³-hybridized carbons (Fsp3) is 0.158. The highest BCUT2D eigenvalue weighted by atomic mass is 32.2. The molecule has 2 heterocycles. The van der Waals surface area contributed by atoms with Gasteiger partial charge in [-0.3, -0.25) is 14.9 Å². The minimum absolute atomic E-state index is 0.222. The molecular formula is C19H16N2O3S. The maximum Gasteiger partial charge on any atom is 0.286 e. The number of aromatic nitrogens is 1. The minimum Gasteiger partial charge on any atom is -0.489 e. The number of imide groups is 1. The lowest BCUT2D eigenvalue weighted by Gasteiger charge is -2.06. The molecule has 25 heavy (non-hydrogen) atoms. The van der Waals surface area contributed by atoms with Crippen LogP contribution in [0.4, 0.5) is 4.79 Å². The molecule has 1 fully saturated rings. The molecule has 0 spiro atoms. The maximum atomic E-state index is 11.7. The predicted molar refractivity (Wildman–Crippen MR) is 97.7 cm³/mol. The molecule has 6 heteroatoms. The Hall–Kier alpha value is -2.73. The van der Waals surface area contributed by atoms with Gasteiger partial charge in [-0.1, -0.05) is 42.1 Å². The van der Waals surface area contributed by atoms with Gasteiger partial charge in [0.2, 0.25) is 5.91 Å². The van der Waals surface area contributed by atoms with E-state index in [4.69, 9.17) is 4.74 Å². The van der Waals surface area contributed by atoms with Gasteiger partial charge in [-0.2, -0.15) is 0 Å². The number of carbonyl (C=O) groups excluding carboxylic acids is 2. The second kappa shape index (κ2) is 6.64. The Bertz CT molecular complexity index is 936. The zero-order chi connectivity index (χ0) is 17.2. The Morgan fingerprint density at radius 1 is 1.04 bits per heavy atom. The average molecular weight is 352 g/mol. The molecule has 1 unspecified atom stereocenters. The van der Waals surface area contributed by atoms with Crippen molar-refractivity contribution in [1.29, 1.82) is 0 Å². The van der Waals surface area contributed by atoms with E-state index in [1.54, 1.807) is 0 Å². The third-order valence-electron chi connectivity index (χ3n) is 4.07. The number of amides is 2. The van der Waals surface area contributed by atoms with Gasteiger partial charge < -0.3 is 9.72 Å². The third kappa shape index (κ3) is 3.53. The first-order chi connectivity index (χ1) is 12.2. The zero-order valence-electron chi connectivity index (χ0n) is 13.3. The summed E-state index contributed by atoms with van der Waals surface area (Å²) in [6, 6.07) is 17.9. The van der Waals surface area contributed by atoms with Gasteiger partial charge in [0.15, 0.2) is 0 Å². The number of aromatic amines is 1. The van der Waals surface area contributed by atoms with Gasteiger partial charge >= 0.3 is 0 Å². The van der Waals surface area contributed by atoms with Crippen LogP contribution in [0.5, 0.6) is 5.75 Å². The molecule has 5 nitrogen and oxygen atoms in total. The van der Waals surface area contributed by atoms with E-state index in [2.05, 4.69) is 10.3 Å². The Kier molecular flexibility index (Phi) is 4.19. The summed E-state index contributed by atoms with van der Waals surface area (Å²) >= 11 is 1.04. The summed E-state index contributed by atoms with van der Waals surface area (Å²) in [6.45, 7) is 0.515. The number of hydrogen-bond donors (Lipinski definition) is 2. The van der Waals surface area contributed by atoms with E-state index in [1.165, 1.54) is 0 Å². The standard InChI is InChI=1S/C19H16N2O3S/c22-18-17(25-19(23)21-18)9-14-8-13-6-7-15(10-16(13)20-14)24-11-12-4-2-1-3-5-12/h1-8,10,17,20H,9,11H2,(H,21,22,23). The molecule has 1 aromatic heterocycles. The molecule has 1 atom stereocenters. The smallest absolute Gasteiger partial charge is 0.286 e. The van der Waals surface area contributed by atoms with Crippen molar-refractivity contribution in [3.63, 3.8) is 0 Å². The summed E-state index contributed by atoms with van der Waals surface area (Å²) in [5, 5.41) is 2.72. The fourth-order valence-corrected chi connectivity index (χ4v) is 3.68. The largest absolute Gasteiger partial charge is 0.489 e. The van der Waals surface area contributed by atoms with Crippen molar-refractivity contribution in [3.05, 3.63) is 65.9 Å². The molecule has 2 aromatic carbocycles. The number of fused-ring (bicyclic) bond motifs is 1. The van der Waals surface area contributed by atoms with Gasteiger partial charge in [-0.25, -0.2) is 0 Å². The Morgan fingerprint density at radius 3 is 2.64 bits per heavy atom. The second-order valence-electron chi connectivity index (χ2n) is 5.91. The number of rotatable bonds is 5. The summed E-state index contributed by atoms with van der Waals surface area (Å²) in [5.74, 6) is 0.563. The van der Waals surface area contributed by atoms with E-state index in [0.29, 0.717) is 13.0 Å². The van der Waals surface area contributed by atoms with E-state index >= 15 is 0 Å². The number of carbonyl (C=O) groups is 2. The Morgan fingerprint density at radius 2 is 1.88 bits per heavy atom. The van der Waals surface area contributed by atoms with Crippen LogP contribution < -0.4 is 10.1 Å². The summed E-state index contributed by atoms with van der Waals surface area (Å²) in [7, 11) is 0. The first kappa shape index (κ1) is 15.8. The molecule has 3 aromatic rings. The normalized spacial score (nSPS) is 17.0. The van der Waals surface area contributed by atoms with E-state index in [1.807, 2.05) is 54.6 Å². The molecule has 1 aliphatic rings. The van der Waals surface area contributed by atoms with Crippen LogP contribution in [0.3, 0.4) is 0 Å². The number of hydrogen-bond acceptors (Lipinski definition) is 4. The summed E-state index contributed by atoms with van der Waals surface area (Å²) < 4.78 is 5.84. The van der Waals surface area contributed by atoms with E-state index in [9.17, 15) is 9.59 Å². The predicted octanol–water partition coefficient (Wildman–Crippen LogP) is 3.64. The lowest BCUT2D eigenvalue weighted by atomic mass is 10.2. The molecular weight excluding hydrogens is 336 g/mol. The lowest BCUT2D eigenvalue weighted by molar-refractivity contribution is -0.118. The SMILES string of the molecule is O=C1NC(=O)C(Cc2cc3ccc(OCc4ccccc4)cc3[nH]2)S1. The number of benzene rings is 2. The van der Waals surface area contributed by atoms with Gasteiger partial charge in [0.25, 0.3) is 5.24 Å². The van der Waals surface area contributed by atoms with Crippen LogP contribution in [0.2, 0.25) is 0 Å². The molecule has 2 amide bonds. The van der Waals surface area contributed by atoms with Crippen LogP contribution in [-0.2, 0) is 17.8 Å². The highest BCUT2D eigenvalue weighted by molar-refractivity contribution is 8.15. The van der Waals surface area contributed by atoms with Crippen LogP contribution in [-0.4, -0.2) is 21.4 Å². The number of H-pyrrole nitrogens is 1. The van der Waals surface area contributed by atoms with Crippen molar-refractivity contribution in [1.82, 2.24) is 10.3 Å². The van der Waals surface area contributed by atoms with E-state index in [0.717, 1.165) is 39.7 Å². The third-order valence-corrected chi connectivity index (χ3v) is 5.05. The maximum absolute atomic E-state index is 11.7. The molecule has 0 saturated carbocycles. The molecule has 0 aliphatic carbocycles. The van der Waals surface area contributed by atoms with Gasteiger partial charge in [-0.15, -0.1) is 0 Å². The van der Waals surface area contributed by atoms with Crippen molar-refractivity contribution in [2.24, 2.45) is 0 Å². The van der Waals surface area contributed by atoms with E-state index < -0.39 is 0 Å². The minimum atomic E-state index is -0.366. The Labute approximate surface area is 148 Å². The fourth-order valence-electron chi connectivity index (χ4n) is 2.83. The highest BCUT2D eigenvalue weighted by Crippen LogP contribution is 2.26. The van der Waals surface area contributed by atoms with Crippen LogP contribution in [0, 0.1) is 0 Å². The monoisotopic (exact) mass is 352 g/mol. The molecule has 2 N–H and O–H groups in total. The first-order valence-corrected chi connectivity index (χ1v) is 8.85. The molecule has 4 rings (SSSR count). The average Bonchev–Trinajstić information content (AvgIpc) is 3.15. The van der Waals surface area contributed by atoms with Crippen molar-refractivity contribution in [3.8, 4) is 5.75 Å². The highest BCUT2D eigenvalue weighted by Gasteiger charge is 2.31. The van der Waals surface area contributed by atoms with Gasteiger partial charge in [0.1, 0.15) is 12.4 Å². The summed E-state index contributed by atoms with van der Waals surface area (Å²) in [5.41, 5.74) is 3.00. The number of thioether (sulfide) groups is 1. The summed E-state index contributed by atoms with van der Waals surface area (Å²) in [6.07, 6.45) is 0.497. The van der Waals surface area contributed by atoms with E-state index in [-0.39, 0.29) is 16.4 Å². The van der Waals surface area contributed by atoms with Crippen molar-refractivity contribution in [2.75, 3.05) is 0 Å². The molecule has 1 saturated heterocycles. The van der Waals surface area contributed by atoms with Crippen LogP contribution in [0.15, 0.2) is 54.6 Å². The number of nitrogens with one attached hydrogen (secondary N) is 2. The Balaban J connectivity index is 1.47. The summed E-state index contributed by atoms with van der Waals surface area (Å²) in [4.78, 5) is 26.3. The first-order valence-electron chi connectivity index (χ1n) is 7.97. The second-order valence-corrected chi connectivity index (χ2v) is 7.08. The van der Waals surface area contributed by atoms with Gasteiger partial charge in [0.05, 0.1) is 5.25 Å². The van der Waals surface area contributed by atoms with Crippen molar-refractivity contribution < 1.29 is 14.3 Å². The lowest BCUT2D eigenvalue weighted by Crippen LogP contribution is -2.25. The molecule has 0 radical (unpaired) electrons. The topological polar surface area (TPSA) is 71.2 Å². The number of ether oxygens (including phenoxy) is 1. The molecule has 0 bridgehead atoms.